The van der Waals surface area contributed by atoms with E-state index in [0.717, 1.165) is 39.1 Å². The van der Waals surface area contributed by atoms with Crippen LogP contribution in [0.4, 0.5) is 5.69 Å². The fraction of sp³-hybridized carbons (Fsp3) is 0.588. The van der Waals surface area contributed by atoms with Crippen LogP contribution in [0.5, 0.6) is 0 Å². The molecule has 2 rings (SSSR count). The molecule has 0 spiro atoms. The molecule has 0 saturated carbocycles. The minimum absolute atomic E-state index is 0.276. The number of para-hydroxylation sites is 1. The van der Waals surface area contributed by atoms with Gasteiger partial charge in [-0.05, 0) is 25.5 Å². The van der Waals surface area contributed by atoms with E-state index < -0.39 is 0 Å². The van der Waals surface area contributed by atoms with Gasteiger partial charge in [0.05, 0.1) is 0 Å². The third-order valence-electron chi connectivity index (χ3n) is 4.20. The third kappa shape index (κ3) is 4.74. The third-order valence-corrected chi connectivity index (χ3v) is 4.20. The first-order valence-electron chi connectivity index (χ1n) is 8.02. The van der Waals surface area contributed by atoms with E-state index in [1.807, 2.05) is 11.0 Å². The molecule has 4 heteroatoms. The van der Waals surface area contributed by atoms with Gasteiger partial charge >= 0.3 is 0 Å². The molecule has 0 aliphatic carbocycles. The van der Waals surface area contributed by atoms with Crippen molar-refractivity contribution in [2.24, 2.45) is 0 Å². The first kappa shape index (κ1) is 15.8. The zero-order chi connectivity index (χ0) is 15.1. The lowest BCUT2D eigenvalue weighted by Crippen LogP contribution is -2.49. The fourth-order valence-electron chi connectivity index (χ4n) is 2.58. The summed E-state index contributed by atoms with van der Waals surface area (Å²) in [7, 11) is 0. The topological polar surface area (TPSA) is 35.6 Å². The Morgan fingerprint density at radius 3 is 2.48 bits per heavy atom. The minimum atomic E-state index is 0.276. The molecule has 1 aliphatic rings. The van der Waals surface area contributed by atoms with Crippen LogP contribution >= 0.6 is 0 Å². The van der Waals surface area contributed by atoms with Crippen LogP contribution in [0.25, 0.3) is 0 Å². The van der Waals surface area contributed by atoms with Crippen LogP contribution in [0.3, 0.4) is 0 Å². The molecule has 0 bridgehead atoms. The Bertz CT molecular complexity index is 427. The number of hydrogen-bond acceptors (Lipinski definition) is 3. The molecule has 1 heterocycles. The van der Waals surface area contributed by atoms with Gasteiger partial charge in [-0.25, -0.2) is 0 Å². The smallest absolute Gasteiger partial charge is 0.223 e. The van der Waals surface area contributed by atoms with E-state index in [2.05, 4.69) is 48.3 Å². The Labute approximate surface area is 128 Å². The Balaban J connectivity index is 1.72. The molecule has 1 unspecified atom stereocenters. The van der Waals surface area contributed by atoms with Crippen molar-refractivity contribution >= 4 is 11.6 Å². The highest BCUT2D eigenvalue weighted by molar-refractivity contribution is 5.76. The van der Waals surface area contributed by atoms with Gasteiger partial charge in [-0.2, -0.15) is 0 Å². The second-order valence-electron chi connectivity index (χ2n) is 5.72. The molecule has 1 saturated heterocycles. The summed E-state index contributed by atoms with van der Waals surface area (Å²) in [6.45, 7) is 8.61. The standard InChI is InChI=1S/C17H27N3O/c1-3-15(2)18-10-9-17(21)20-13-11-19(12-14-20)16-7-5-4-6-8-16/h4-8,15,18H,3,9-14H2,1-2H3. The summed E-state index contributed by atoms with van der Waals surface area (Å²) < 4.78 is 0. The second kappa shape index (κ2) is 8.03. The number of amides is 1. The predicted octanol–water partition coefficient (Wildman–Crippen LogP) is 2.11. The van der Waals surface area contributed by atoms with Gasteiger partial charge in [-0.1, -0.05) is 25.1 Å². The summed E-state index contributed by atoms with van der Waals surface area (Å²) in [5.41, 5.74) is 1.25. The van der Waals surface area contributed by atoms with Crippen molar-refractivity contribution in [3.8, 4) is 0 Å². The first-order chi connectivity index (χ1) is 10.2. The highest BCUT2D eigenvalue weighted by Gasteiger charge is 2.20. The SMILES string of the molecule is CCC(C)NCCC(=O)N1CCN(c2ccccc2)CC1. The van der Waals surface area contributed by atoms with Crippen molar-refractivity contribution in [3.63, 3.8) is 0 Å². The summed E-state index contributed by atoms with van der Waals surface area (Å²) in [6.07, 6.45) is 1.71. The van der Waals surface area contributed by atoms with Crippen LogP contribution in [0, 0.1) is 0 Å². The van der Waals surface area contributed by atoms with E-state index >= 15 is 0 Å². The summed E-state index contributed by atoms with van der Waals surface area (Å²) in [5, 5.41) is 3.38. The molecule has 1 aromatic rings. The van der Waals surface area contributed by atoms with Crippen molar-refractivity contribution in [1.29, 1.82) is 0 Å². The van der Waals surface area contributed by atoms with Crippen molar-refractivity contribution in [3.05, 3.63) is 30.3 Å². The Kier molecular flexibility index (Phi) is 6.05. The lowest BCUT2D eigenvalue weighted by Gasteiger charge is -2.36. The Hall–Kier alpha value is -1.55. The van der Waals surface area contributed by atoms with Crippen LogP contribution < -0.4 is 10.2 Å². The predicted molar refractivity (Wildman–Crippen MR) is 87.6 cm³/mol. The molecule has 1 aromatic carbocycles. The number of piperazine rings is 1. The van der Waals surface area contributed by atoms with Gasteiger partial charge in [0.2, 0.25) is 5.91 Å². The average molecular weight is 289 g/mol. The lowest BCUT2D eigenvalue weighted by atomic mass is 10.2. The molecule has 116 valence electrons. The molecular weight excluding hydrogens is 262 g/mol. The number of nitrogens with one attached hydrogen (secondary N) is 1. The van der Waals surface area contributed by atoms with Crippen LogP contribution in [-0.4, -0.2) is 49.6 Å². The van der Waals surface area contributed by atoms with Gasteiger partial charge in [0.15, 0.2) is 0 Å². The molecule has 1 atom stereocenters. The average Bonchev–Trinajstić information content (AvgIpc) is 2.55. The number of rotatable bonds is 6. The van der Waals surface area contributed by atoms with Gasteiger partial charge in [0.1, 0.15) is 0 Å². The molecule has 1 fully saturated rings. The molecule has 1 aliphatic heterocycles. The van der Waals surface area contributed by atoms with Crippen LogP contribution in [-0.2, 0) is 4.79 Å². The summed E-state index contributed by atoms with van der Waals surface area (Å²) in [5.74, 6) is 0.276. The van der Waals surface area contributed by atoms with Crippen LogP contribution in [0.2, 0.25) is 0 Å². The summed E-state index contributed by atoms with van der Waals surface area (Å²) >= 11 is 0. The van der Waals surface area contributed by atoms with Gasteiger partial charge < -0.3 is 15.1 Å². The number of nitrogens with zero attached hydrogens (tertiary/aromatic N) is 2. The maximum Gasteiger partial charge on any atom is 0.223 e. The first-order valence-corrected chi connectivity index (χ1v) is 8.02. The van der Waals surface area contributed by atoms with E-state index in [1.54, 1.807) is 0 Å². The number of carbonyl (C=O) groups is 1. The number of anilines is 1. The maximum absolute atomic E-state index is 12.2. The zero-order valence-corrected chi connectivity index (χ0v) is 13.2. The molecular formula is C17H27N3O. The van der Waals surface area contributed by atoms with Crippen molar-refractivity contribution in [1.82, 2.24) is 10.2 Å². The number of carbonyl (C=O) groups excluding carboxylic acids is 1. The minimum Gasteiger partial charge on any atom is -0.368 e. The summed E-state index contributed by atoms with van der Waals surface area (Å²) in [6, 6.07) is 10.9. The molecule has 0 aromatic heterocycles. The fourth-order valence-corrected chi connectivity index (χ4v) is 2.58. The maximum atomic E-state index is 12.2. The lowest BCUT2D eigenvalue weighted by molar-refractivity contribution is -0.131. The van der Waals surface area contributed by atoms with Crippen LogP contribution in [0.15, 0.2) is 30.3 Å². The number of hydrogen-bond donors (Lipinski definition) is 1. The van der Waals surface area contributed by atoms with E-state index in [9.17, 15) is 4.79 Å². The highest BCUT2D eigenvalue weighted by Crippen LogP contribution is 2.15. The van der Waals surface area contributed by atoms with E-state index in [1.165, 1.54) is 5.69 Å². The van der Waals surface area contributed by atoms with E-state index in [4.69, 9.17) is 0 Å². The van der Waals surface area contributed by atoms with E-state index in [-0.39, 0.29) is 5.91 Å². The van der Waals surface area contributed by atoms with Gasteiger partial charge in [-0.15, -0.1) is 0 Å². The molecule has 21 heavy (non-hydrogen) atoms. The van der Waals surface area contributed by atoms with Crippen molar-refractivity contribution < 1.29 is 4.79 Å². The highest BCUT2D eigenvalue weighted by atomic mass is 16.2. The largest absolute Gasteiger partial charge is 0.368 e. The van der Waals surface area contributed by atoms with Crippen LogP contribution in [0.1, 0.15) is 26.7 Å². The van der Waals surface area contributed by atoms with Gasteiger partial charge in [0.25, 0.3) is 0 Å². The van der Waals surface area contributed by atoms with E-state index in [0.29, 0.717) is 12.5 Å². The Morgan fingerprint density at radius 2 is 1.86 bits per heavy atom. The quantitative estimate of drug-likeness (QED) is 0.871. The summed E-state index contributed by atoms with van der Waals surface area (Å²) in [4.78, 5) is 16.5. The van der Waals surface area contributed by atoms with Gasteiger partial charge in [-0.3, -0.25) is 4.79 Å². The van der Waals surface area contributed by atoms with Gasteiger partial charge in [0, 0.05) is 50.9 Å². The molecule has 1 amide bonds. The second-order valence-corrected chi connectivity index (χ2v) is 5.72. The monoisotopic (exact) mass is 289 g/mol. The molecule has 0 radical (unpaired) electrons. The van der Waals surface area contributed by atoms with Crippen molar-refractivity contribution in [2.75, 3.05) is 37.6 Å². The normalized spacial score (nSPS) is 16.9. The zero-order valence-electron chi connectivity index (χ0n) is 13.2. The number of benzene rings is 1. The van der Waals surface area contributed by atoms with Crippen molar-refractivity contribution in [2.45, 2.75) is 32.7 Å². The molecule has 4 nitrogen and oxygen atoms in total. The molecule has 1 N–H and O–H groups in total. The Morgan fingerprint density at radius 1 is 1.19 bits per heavy atom.